The quantitative estimate of drug-likeness (QED) is 0.828. The first kappa shape index (κ1) is 13.1. The second-order valence-corrected chi connectivity index (χ2v) is 4.01. The number of nitrogens with one attached hydrogen (secondary N) is 1. The first-order chi connectivity index (χ1) is 7.63. The van der Waals surface area contributed by atoms with Gasteiger partial charge in [0.15, 0.2) is 6.10 Å². The summed E-state index contributed by atoms with van der Waals surface area (Å²) >= 11 is 11.3. The van der Waals surface area contributed by atoms with E-state index in [1.165, 1.54) is 0 Å². The average molecular weight is 262 g/mol. The first-order valence-corrected chi connectivity index (χ1v) is 5.80. The number of hydrogen-bond acceptors (Lipinski definition) is 2. The zero-order valence-corrected chi connectivity index (χ0v) is 10.4. The average Bonchev–Trinajstić information content (AvgIpc) is 2.25. The number of benzene rings is 1. The van der Waals surface area contributed by atoms with Crippen LogP contribution in [0.2, 0.25) is 5.02 Å². The van der Waals surface area contributed by atoms with Gasteiger partial charge in [-0.15, -0.1) is 11.6 Å². The Labute approximate surface area is 105 Å². The molecule has 16 heavy (non-hydrogen) atoms. The minimum absolute atomic E-state index is 0.194. The van der Waals surface area contributed by atoms with Crippen LogP contribution in [0.5, 0.6) is 5.75 Å². The zero-order chi connectivity index (χ0) is 12.0. The summed E-state index contributed by atoms with van der Waals surface area (Å²) in [5.41, 5.74) is 0. The largest absolute Gasteiger partial charge is 0.481 e. The molecule has 0 radical (unpaired) electrons. The van der Waals surface area contributed by atoms with Crippen LogP contribution in [-0.4, -0.2) is 24.4 Å². The maximum absolute atomic E-state index is 11.5. The molecule has 0 fully saturated rings. The highest BCUT2D eigenvalue weighted by Crippen LogP contribution is 2.18. The van der Waals surface area contributed by atoms with Gasteiger partial charge in [-0.05, 0) is 25.1 Å². The molecule has 3 nitrogen and oxygen atoms in total. The molecule has 1 N–H and O–H groups in total. The normalized spacial score (nSPS) is 11.9. The van der Waals surface area contributed by atoms with Crippen molar-refractivity contribution in [3.63, 3.8) is 0 Å². The number of ether oxygens (including phenoxy) is 1. The van der Waals surface area contributed by atoms with Crippen molar-refractivity contribution in [2.24, 2.45) is 0 Å². The van der Waals surface area contributed by atoms with Gasteiger partial charge in [-0.25, -0.2) is 0 Å². The third-order valence-electron chi connectivity index (χ3n) is 1.87. The van der Waals surface area contributed by atoms with E-state index in [0.717, 1.165) is 0 Å². The predicted molar refractivity (Wildman–Crippen MR) is 65.3 cm³/mol. The highest BCUT2D eigenvalue weighted by molar-refractivity contribution is 6.30. The van der Waals surface area contributed by atoms with E-state index in [2.05, 4.69) is 5.32 Å². The molecule has 0 bridgehead atoms. The third kappa shape index (κ3) is 4.29. The first-order valence-electron chi connectivity index (χ1n) is 4.89. The zero-order valence-electron chi connectivity index (χ0n) is 8.87. The molecule has 0 heterocycles. The van der Waals surface area contributed by atoms with E-state index < -0.39 is 6.10 Å². The second-order valence-electron chi connectivity index (χ2n) is 3.20. The number of alkyl halides is 1. The fourth-order valence-corrected chi connectivity index (χ4v) is 1.39. The summed E-state index contributed by atoms with van der Waals surface area (Å²) in [5.74, 6) is 0.761. The summed E-state index contributed by atoms with van der Waals surface area (Å²) < 4.78 is 5.41. The summed E-state index contributed by atoms with van der Waals surface area (Å²) in [6.07, 6.45) is -0.568. The van der Waals surface area contributed by atoms with E-state index >= 15 is 0 Å². The molecule has 88 valence electrons. The van der Waals surface area contributed by atoms with Crippen LogP contribution in [0.4, 0.5) is 0 Å². The van der Waals surface area contributed by atoms with Crippen LogP contribution in [0.15, 0.2) is 24.3 Å². The molecule has 0 saturated heterocycles. The SMILES string of the molecule is CC(Oc1cccc(Cl)c1)C(=O)NCCCl. The fourth-order valence-electron chi connectivity index (χ4n) is 1.11. The van der Waals surface area contributed by atoms with Crippen LogP contribution in [-0.2, 0) is 4.79 Å². The van der Waals surface area contributed by atoms with Gasteiger partial charge >= 0.3 is 0 Å². The van der Waals surface area contributed by atoms with Crippen LogP contribution >= 0.6 is 23.2 Å². The Balaban J connectivity index is 2.50. The Kier molecular flexibility index (Phi) is 5.43. The molecule has 0 saturated carbocycles. The molecule has 1 aromatic carbocycles. The lowest BCUT2D eigenvalue weighted by atomic mass is 10.3. The molecule has 5 heteroatoms. The van der Waals surface area contributed by atoms with Gasteiger partial charge in [-0.2, -0.15) is 0 Å². The predicted octanol–water partition coefficient (Wildman–Crippen LogP) is 2.46. The Morgan fingerprint density at radius 1 is 1.56 bits per heavy atom. The van der Waals surface area contributed by atoms with Gasteiger partial charge in [-0.1, -0.05) is 17.7 Å². The summed E-state index contributed by atoms with van der Waals surface area (Å²) in [6, 6.07) is 6.91. The van der Waals surface area contributed by atoms with Crippen LogP contribution < -0.4 is 10.1 Å². The maximum Gasteiger partial charge on any atom is 0.260 e. The topological polar surface area (TPSA) is 38.3 Å². The Morgan fingerprint density at radius 3 is 2.94 bits per heavy atom. The Morgan fingerprint density at radius 2 is 2.31 bits per heavy atom. The summed E-state index contributed by atoms with van der Waals surface area (Å²) in [6.45, 7) is 2.11. The molecule has 0 aliphatic rings. The number of carbonyl (C=O) groups excluding carboxylic acids is 1. The number of amides is 1. The minimum Gasteiger partial charge on any atom is -0.481 e. The third-order valence-corrected chi connectivity index (χ3v) is 2.30. The van der Waals surface area contributed by atoms with Crippen molar-refractivity contribution in [2.75, 3.05) is 12.4 Å². The number of rotatable bonds is 5. The molecule has 0 aromatic heterocycles. The molecule has 1 rings (SSSR count). The van der Waals surface area contributed by atoms with Crippen molar-refractivity contribution in [1.29, 1.82) is 0 Å². The van der Waals surface area contributed by atoms with Crippen LogP contribution in [0, 0.1) is 0 Å². The van der Waals surface area contributed by atoms with E-state index in [-0.39, 0.29) is 5.91 Å². The molecule has 1 aromatic rings. The minimum atomic E-state index is -0.568. The molecule has 1 amide bonds. The Bertz CT molecular complexity index is 358. The molecule has 1 atom stereocenters. The Hall–Kier alpha value is -0.930. The van der Waals surface area contributed by atoms with Crippen molar-refractivity contribution in [1.82, 2.24) is 5.32 Å². The molecule has 0 spiro atoms. The van der Waals surface area contributed by atoms with E-state index in [1.54, 1.807) is 31.2 Å². The fraction of sp³-hybridized carbons (Fsp3) is 0.364. The van der Waals surface area contributed by atoms with E-state index in [4.69, 9.17) is 27.9 Å². The lowest BCUT2D eigenvalue weighted by Crippen LogP contribution is -2.37. The second kappa shape index (κ2) is 6.61. The molecular formula is C11H13Cl2NO2. The van der Waals surface area contributed by atoms with Crippen molar-refractivity contribution in [3.8, 4) is 5.75 Å². The van der Waals surface area contributed by atoms with Crippen molar-refractivity contribution in [3.05, 3.63) is 29.3 Å². The van der Waals surface area contributed by atoms with Crippen molar-refractivity contribution in [2.45, 2.75) is 13.0 Å². The van der Waals surface area contributed by atoms with Gasteiger partial charge in [0, 0.05) is 17.4 Å². The summed E-state index contributed by atoms with van der Waals surface area (Å²) in [4.78, 5) is 11.5. The number of hydrogen-bond donors (Lipinski definition) is 1. The number of carbonyl (C=O) groups is 1. The highest BCUT2D eigenvalue weighted by atomic mass is 35.5. The molecule has 0 aliphatic carbocycles. The van der Waals surface area contributed by atoms with Gasteiger partial charge in [-0.3, -0.25) is 4.79 Å². The lowest BCUT2D eigenvalue weighted by Gasteiger charge is -2.14. The van der Waals surface area contributed by atoms with E-state index in [1.807, 2.05) is 0 Å². The van der Waals surface area contributed by atoms with E-state index in [0.29, 0.717) is 23.2 Å². The van der Waals surface area contributed by atoms with Crippen LogP contribution in [0.25, 0.3) is 0 Å². The molecule has 1 unspecified atom stereocenters. The van der Waals surface area contributed by atoms with Gasteiger partial charge in [0.2, 0.25) is 0 Å². The van der Waals surface area contributed by atoms with Crippen LogP contribution in [0.3, 0.4) is 0 Å². The highest BCUT2D eigenvalue weighted by Gasteiger charge is 2.13. The van der Waals surface area contributed by atoms with Crippen molar-refractivity contribution < 1.29 is 9.53 Å². The van der Waals surface area contributed by atoms with Gasteiger partial charge < -0.3 is 10.1 Å². The van der Waals surface area contributed by atoms with Gasteiger partial charge in [0.1, 0.15) is 5.75 Å². The van der Waals surface area contributed by atoms with Gasteiger partial charge in [0.05, 0.1) is 0 Å². The van der Waals surface area contributed by atoms with Crippen molar-refractivity contribution >= 4 is 29.1 Å². The van der Waals surface area contributed by atoms with Gasteiger partial charge in [0.25, 0.3) is 5.91 Å². The number of halogens is 2. The monoisotopic (exact) mass is 261 g/mol. The molecular weight excluding hydrogens is 249 g/mol. The smallest absolute Gasteiger partial charge is 0.260 e. The van der Waals surface area contributed by atoms with Crippen LogP contribution in [0.1, 0.15) is 6.92 Å². The standard InChI is InChI=1S/C11H13Cl2NO2/c1-8(11(15)14-6-5-12)16-10-4-2-3-9(13)7-10/h2-4,7-8H,5-6H2,1H3,(H,14,15). The molecule has 0 aliphatic heterocycles. The summed E-state index contributed by atoms with van der Waals surface area (Å²) in [5, 5.41) is 3.21. The van der Waals surface area contributed by atoms with E-state index in [9.17, 15) is 4.79 Å². The summed E-state index contributed by atoms with van der Waals surface area (Å²) in [7, 11) is 0. The maximum atomic E-state index is 11.5. The lowest BCUT2D eigenvalue weighted by molar-refractivity contribution is -0.127.